The van der Waals surface area contributed by atoms with Crippen LogP contribution in [0.1, 0.15) is 52.3 Å². The lowest BCUT2D eigenvalue weighted by atomic mass is 10.0. The van der Waals surface area contributed by atoms with Gasteiger partial charge in [0, 0.05) is 22.8 Å². The van der Waals surface area contributed by atoms with Crippen LogP contribution in [-0.2, 0) is 11.2 Å². The van der Waals surface area contributed by atoms with Crippen LogP contribution in [0, 0.1) is 5.82 Å². The molecule has 5 aromatic rings. The van der Waals surface area contributed by atoms with E-state index in [0.29, 0.717) is 23.0 Å². The topological polar surface area (TPSA) is 95.6 Å². The number of nitrogens with one attached hydrogen (secondary N) is 3. The van der Waals surface area contributed by atoms with E-state index in [1.807, 2.05) is 39.0 Å². The van der Waals surface area contributed by atoms with Crippen molar-refractivity contribution >= 4 is 39.7 Å². The Kier molecular flexibility index (Phi) is 11.3. The van der Waals surface area contributed by atoms with Gasteiger partial charge in [-0.15, -0.1) is 0 Å². The number of nitrogens with zero attached hydrogens (tertiary/aromatic N) is 3. The van der Waals surface area contributed by atoms with Crippen molar-refractivity contribution in [1.29, 1.82) is 0 Å². The SMILES string of the molecule is C=C(C)c1ccc(-c2ccc3c(Nc4cc(CC(=O)Nc5cccc(F)c5)[nH]n4)ncnc3c2)cc1.CC.CCC. The van der Waals surface area contributed by atoms with Gasteiger partial charge in [-0.1, -0.05) is 82.7 Å². The van der Waals surface area contributed by atoms with E-state index in [9.17, 15) is 9.18 Å². The number of carbonyl (C=O) groups excluding carboxylic acids is 1. The van der Waals surface area contributed by atoms with Gasteiger partial charge >= 0.3 is 0 Å². The predicted octanol–water partition coefficient (Wildman–Crippen LogP) is 8.56. The van der Waals surface area contributed by atoms with Gasteiger partial charge in [0.2, 0.25) is 5.91 Å². The van der Waals surface area contributed by atoms with Gasteiger partial charge in [0.1, 0.15) is 18.0 Å². The number of halogens is 1. The first-order valence-corrected chi connectivity index (χ1v) is 13.7. The van der Waals surface area contributed by atoms with Crippen LogP contribution in [-0.4, -0.2) is 26.1 Å². The van der Waals surface area contributed by atoms with E-state index in [-0.39, 0.29) is 12.3 Å². The Hall–Kier alpha value is -4.85. The molecule has 0 spiro atoms. The molecule has 0 aliphatic rings. The highest BCUT2D eigenvalue weighted by atomic mass is 19.1. The average molecular weight is 553 g/mol. The molecule has 212 valence electrons. The highest BCUT2D eigenvalue weighted by Gasteiger charge is 2.11. The standard InChI is InChI=1S/C28H23FN6O.C3H8.C2H6/c1-17(2)18-6-8-19(9-7-18)20-10-11-24-25(12-20)30-16-31-28(24)33-26-14-23(34-35-26)15-27(36)32-22-5-3-4-21(29)13-22;1-3-2;1-2/h3-14,16H,1,15H2,2H3,(H,32,36)(H2,30,31,33,34,35);3H2,1-2H3;1-2H3. The van der Waals surface area contributed by atoms with Gasteiger partial charge in [-0.3, -0.25) is 9.89 Å². The molecule has 41 heavy (non-hydrogen) atoms. The Morgan fingerprint density at radius 1 is 0.951 bits per heavy atom. The normalized spacial score (nSPS) is 10.1. The minimum Gasteiger partial charge on any atom is -0.326 e. The van der Waals surface area contributed by atoms with Crippen molar-refractivity contribution in [2.75, 3.05) is 10.6 Å². The highest BCUT2D eigenvalue weighted by molar-refractivity contribution is 5.94. The van der Waals surface area contributed by atoms with E-state index in [2.05, 4.69) is 75.5 Å². The molecule has 5 rings (SSSR count). The van der Waals surface area contributed by atoms with E-state index >= 15 is 0 Å². The molecule has 0 radical (unpaired) electrons. The van der Waals surface area contributed by atoms with Gasteiger partial charge in [0.25, 0.3) is 0 Å². The number of hydrogen-bond donors (Lipinski definition) is 3. The summed E-state index contributed by atoms with van der Waals surface area (Å²) >= 11 is 0. The van der Waals surface area contributed by atoms with E-state index < -0.39 is 5.82 Å². The number of fused-ring (bicyclic) bond motifs is 1. The number of aromatic nitrogens is 4. The first kappa shape index (κ1) is 30.7. The number of hydrogen-bond acceptors (Lipinski definition) is 5. The number of rotatable bonds is 7. The van der Waals surface area contributed by atoms with Gasteiger partial charge in [0.05, 0.1) is 11.9 Å². The second-order valence-corrected chi connectivity index (χ2v) is 9.16. The molecule has 0 saturated carbocycles. The van der Waals surface area contributed by atoms with Crippen molar-refractivity contribution in [3.05, 3.63) is 103 Å². The Labute approximate surface area is 241 Å². The van der Waals surface area contributed by atoms with Crippen molar-refractivity contribution in [1.82, 2.24) is 20.2 Å². The van der Waals surface area contributed by atoms with Crippen molar-refractivity contribution in [3.8, 4) is 11.1 Å². The molecule has 7 nitrogen and oxygen atoms in total. The molecule has 0 bridgehead atoms. The third kappa shape index (κ3) is 8.57. The first-order valence-electron chi connectivity index (χ1n) is 13.7. The molecule has 3 N–H and O–H groups in total. The average Bonchev–Trinajstić information content (AvgIpc) is 3.40. The van der Waals surface area contributed by atoms with Crippen LogP contribution in [0.2, 0.25) is 0 Å². The molecule has 2 aromatic heterocycles. The molecule has 0 saturated heterocycles. The number of aromatic amines is 1. The number of H-pyrrole nitrogens is 1. The minimum absolute atomic E-state index is 0.0588. The summed E-state index contributed by atoms with van der Waals surface area (Å²) in [4.78, 5) is 21.1. The molecular weight excluding hydrogens is 515 g/mol. The molecule has 0 aliphatic carbocycles. The van der Waals surface area contributed by atoms with E-state index in [1.54, 1.807) is 12.1 Å². The smallest absolute Gasteiger partial charge is 0.230 e. The summed E-state index contributed by atoms with van der Waals surface area (Å²) in [6.45, 7) is 14.2. The molecule has 2 heterocycles. The largest absolute Gasteiger partial charge is 0.326 e. The number of allylic oxidation sites excluding steroid dienone is 1. The van der Waals surface area contributed by atoms with Gasteiger partial charge in [0.15, 0.2) is 5.82 Å². The van der Waals surface area contributed by atoms with Crippen LogP contribution in [0.25, 0.3) is 27.6 Å². The lowest BCUT2D eigenvalue weighted by Gasteiger charge is -2.08. The van der Waals surface area contributed by atoms with Crippen LogP contribution >= 0.6 is 0 Å². The Morgan fingerprint density at radius 2 is 1.66 bits per heavy atom. The lowest BCUT2D eigenvalue weighted by Crippen LogP contribution is -2.14. The number of benzene rings is 3. The maximum Gasteiger partial charge on any atom is 0.230 e. The zero-order valence-electron chi connectivity index (χ0n) is 24.3. The fourth-order valence-corrected chi connectivity index (χ4v) is 3.87. The molecule has 0 atom stereocenters. The molecule has 8 heteroatoms. The van der Waals surface area contributed by atoms with Gasteiger partial charge in [-0.25, -0.2) is 14.4 Å². The summed E-state index contributed by atoms with van der Waals surface area (Å²) < 4.78 is 13.3. The lowest BCUT2D eigenvalue weighted by molar-refractivity contribution is -0.115. The fraction of sp³-hybridized carbons (Fsp3) is 0.212. The molecule has 1 amide bonds. The third-order valence-corrected chi connectivity index (χ3v) is 5.68. The Bertz CT molecular complexity index is 1590. The van der Waals surface area contributed by atoms with Crippen LogP contribution in [0.5, 0.6) is 0 Å². The zero-order chi connectivity index (χ0) is 29.8. The third-order valence-electron chi connectivity index (χ3n) is 5.68. The van der Waals surface area contributed by atoms with Crippen molar-refractivity contribution < 1.29 is 9.18 Å². The van der Waals surface area contributed by atoms with E-state index in [1.165, 1.54) is 30.9 Å². The van der Waals surface area contributed by atoms with Crippen molar-refractivity contribution in [3.63, 3.8) is 0 Å². The van der Waals surface area contributed by atoms with Crippen molar-refractivity contribution in [2.45, 2.75) is 47.5 Å². The summed E-state index contributed by atoms with van der Waals surface area (Å²) in [5, 5.41) is 13.8. The van der Waals surface area contributed by atoms with Crippen LogP contribution in [0.3, 0.4) is 0 Å². The maximum atomic E-state index is 13.3. The zero-order valence-corrected chi connectivity index (χ0v) is 24.3. The van der Waals surface area contributed by atoms with Crippen LogP contribution in [0.4, 0.5) is 21.7 Å². The number of amides is 1. The van der Waals surface area contributed by atoms with Gasteiger partial charge in [-0.05, 0) is 53.9 Å². The molecule has 3 aromatic carbocycles. The van der Waals surface area contributed by atoms with E-state index in [4.69, 9.17) is 0 Å². The fourth-order valence-electron chi connectivity index (χ4n) is 3.87. The summed E-state index contributed by atoms with van der Waals surface area (Å²) in [6.07, 6.45) is 2.81. The highest BCUT2D eigenvalue weighted by Crippen LogP contribution is 2.28. The predicted molar refractivity (Wildman–Crippen MR) is 168 cm³/mol. The summed E-state index contributed by atoms with van der Waals surface area (Å²) in [5.41, 5.74) is 6.06. The monoisotopic (exact) mass is 552 g/mol. The van der Waals surface area contributed by atoms with Crippen molar-refractivity contribution in [2.24, 2.45) is 0 Å². The van der Waals surface area contributed by atoms with E-state index in [0.717, 1.165) is 33.2 Å². The Morgan fingerprint density at radius 3 is 2.34 bits per heavy atom. The number of carbonyl (C=O) groups is 1. The molecule has 0 fully saturated rings. The Balaban J connectivity index is 0.000000868. The molecule has 0 unspecified atom stereocenters. The molecule has 0 aliphatic heterocycles. The second-order valence-electron chi connectivity index (χ2n) is 9.16. The van der Waals surface area contributed by atoms with Crippen LogP contribution < -0.4 is 10.6 Å². The summed E-state index contributed by atoms with van der Waals surface area (Å²) in [6, 6.07) is 21.8. The van der Waals surface area contributed by atoms with Crippen LogP contribution in [0.15, 0.2) is 85.7 Å². The number of anilines is 3. The summed E-state index contributed by atoms with van der Waals surface area (Å²) in [7, 11) is 0. The molecular formula is C33H37FN6O. The second kappa shape index (κ2) is 15.1. The summed E-state index contributed by atoms with van der Waals surface area (Å²) in [5.74, 6) is 0.423. The minimum atomic E-state index is -0.411. The van der Waals surface area contributed by atoms with Gasteiger partial charge in [-0.2, -0.15) is 5.10 Å². The van der Waals surface area contributed by atoms with Gasteiger partial charge < -0.3 is 10.6 Å². The maximum absolute atomic E-state index is 13.3. The first-order chi connectivity index (χ1) is 19.9. The quantitative estimate of drug-likeness (QED) is 0.188.